The fraction of sp³-hybridized carbons (Fsp3) is 0.300. The average Bonchev–Trinajstić information content (AvgIpc) is 2.61. The van der Waals surface area contributed by atoms with Crippen molar-refractivity contribution < 1.29 is 40.2 Å². The summed E-state index contributed by atoms with van der Waals surface area (Å²) in [7, 11) is 0. The summed E-state index contributed by atoms with van der Waals surface area (Å²) in [5.41, 5.74) is -3.46. The van der Waals surface area contributed by atoms with Crippen molar-refractivity contribution in [1.82, 2.24) is 0 Å². The summed E-state index contributed by atoms with van der Waals surface area (Å²) in [5, 5.41) is 62.5. The Morgan fingerprint density at radius 3 is 2.32 bits per heavy atom. The van der Waals surface area contributed by atoms with Crippen molar-refractivity contribution in [2.75, 3.05) is 0 Å². The van der Waals surface area contributed by atoms with Crippen molar-refractivity contribution in [3.8, 4) is 17.2 Å². The van der Waals surface area contributed by atoms with Crippen LogP contribution in [0.15, 0.2) is 18.2 Å². The van der Waals surface area contributed by atoms with E-state index in [0.717, 1.165) is 0 Å². The van der Waals surface area contributed by atoms with Crippen LogP contribution < -0.4 is 0 Å². The van der Waals surface area contributed by atoms with Crippen molar-refractivity contribution in [3.05, 3.63) is 51.6 Å². The summed E-state index contributed by atoms with van der Waals surface area (Å²) in [5.74, 6) is -3.41. The Balaban J connectivity index is 2.03. The van der Waals surface area contributed by atoms with E-state index in [-0.39, 0.29) is 35.1 Å². The highest BCUT2D eigenvalue weighted by Crippen LogP contribution is 2.51. The summed E-state index contributed by atoms with van der Waals surface area (Å²) in [6.07, 6.45) is -3.43. The number of fused-ring (bicyclic) bond motifs is 3. The number of phenols is 3. The van der Waals surface area contributed by atoms with Gasteiger partial charge in [0.1, 0.15) is 17.2 Å². The summed E-state index contributed by atoms with van der Waals surface area (Å²) in [4.78, 5) is 25.9. The first-order valence-electron chi connectivity index (χ1n) is 8.69. The van der Waals surface area contributed by atoms with E-state index in [1.165, 1.54) is 25.1 Å². The van der Waals surface area contributed by atoms with E-state index in [9.17, 15) is 40.2 Å². The number of rotatable bonds is 1. The zero-order chi connectivity index (χ0) is 20.5. The molecule has 8 nitrogen and oxygen atoms in total. The molecule has 28 heavy (non-hydrogen) atoms. The number of hydrogen-bond donors (Lipinski definition) is 6. The van der Waals surface area contributed by atoms with Gasteiger partial charge in [-0.3, -0.25) is 9.59 Å². The summed E-state index contributed by atoms with van der Waals surface area (Å²) in [6.45, 7) is 1.32. The first kappa shape index (κ1) is 18.4. The van der Waals surface area contributed by atoms with Crippen LogP contribution in [0.3, 0.4) is 0 Å². The molecule has 0 saturated carbocycles. The molecule has 0 bridgehead atoms. The second-order valence-corrected chi connectivity index (χ2v) is 7.37. The highest BCUT2D eigenvalue weighted by molar-refractivity contribution is 6.31. The first-order valence-corrected chi connectivity index (χ1v) is 8.69. The van der Waals surface area contributed by atoms with Crippen LogP contribution in [0.1, 0.15) is 62.4 Å². The number of carbonyl (C=O) groups is 2. The molecule has 0 heterocycles. The summed E-state index contributed by atoms with van der Waals surface area (Å²) >= 11 is 0. The Morgan fingerprint density at radius 2 is 1.68 bits per heavy atom. The molecular formula is C20H18O8. The quantitative estimate of drug-likeness (QED) is 0.333. The third kappa shape index (κ3) is 2.22. The number of carbonyl (C=O) groups excluding carboxylic acids is 2. The van der Waals surface area contributed by atoms with Crippen LogP contribution in [0.25, 0.3) is 0 Å². The van der Waals surface area contributed by atoms with Gasteiger partial charge in [0.15, 0.2) is 5.78 Å². The molecule has 2 aliphatic carbocycles. The highest BCUT2D eigenvalue weighted by Gasteiger charge is 2.47. The van der Waals surface area contributed by atoms with Gasteiger partial charge in [-0.15, -0.1) is 0 Å². The van der Waals surface area contributed by atoms with E-state index < -0.39 is 57.8 Å². The molecule has 2 aromatic rings. The molecular weight excluding hydrogens is 368 g/mol. The SMILES string of the molecule is CC(O)[C@]1(O)Cc2c(O)c3c(c(O)c2[C@@H](O)C1)C(=O)c1c(O)cccc1C3=O. The molecule has 0 saturated heterocycles. The monoisotopic (exact) mass is 386 g/mol. The second-order valence-electron chi connectivity index (χ2n) is 7.37. The number of ketones is 2. The first-order chi connectivity index (χ1) is 13.1. The van der Waals surface area contributed by atoms with E-state index in [1.807, 2.05) is 0 Å². The smallest absolute Gasteiger partial charge is 0.202 e. The summed E-state index contributed by atoms with van der Waals surface area (Å²) < 4.78 is 0. The lowest BCUT2D eigenvalue weighted by molar-refractivity contribution is -0.0999. The molecule has 3 atom stereocenters. The molecule has 0 aliphatic heterocycles. The lowest BCUT2D eigenvalue weighted by atomic mass is 9.71. The van der Waals surface area contributed by atoms with E-state index in [2.05, 4.69) is 0 Å². The molecule has 1 unspecified atom stereocenters. The molecule has 0 radical (unpaired) electrons. The van der Waals surface area contributed by atoms with Crippen molar-refractivity contribution in [3.63, 3.8) is 0 Å². The molecule has 0 aromatic heterocycles. The van der Waals surface area contributed by atoms with Crippen LogP contribution in [-0.4, -0.2) is 53.9 Å². The van der Waals surface area contributed by atoms with E-state index >= 15 is 0 Å². The van der Waals surface area contributed by atoms with E-state index in [0.29, 0.717) is 0 Å². The molecule has 0 amide bonds. The molecule has 146 valence electrons. The number of phenolic OH excluding ortho intramolecular Hbond substituents is 3. The van der Waals surface area contributed by atoms with Crippen molar-refractivity contribution >= 4 is 11.6 Å². The molecule has 6 N–H and O–H groups in total. The van der Waals surface area contributed by atoms with Crippen LogP contribution in [-0.2, 0) is 6.42 Å². The van der Waals surface area contributed by atoms with Crippen LogP contribution in [0.5, 0.6) is 17.2 Å². The summed E-state index contributed by atoms with van der Waals surface area (Å²) in [6, 6.07) is 3.91. The normalized spacial score (nSPS) is 24.4. The van der Waals surface area contributed by atoms with Gasteiger partial charge in [0.2, 0.25) is 5.78 Å². The topological polar surface area (TPSA) is 156 Å². The van der Waals surface area contributed by atoms with Crippen LogP contribution >= 0.6 is 0 Å². The van der Waals surface area contributed by atoms with E-state index in [4.69, 9.17) is 0 Å². The molecule has 2 aromatic carbocycles. The van der Waals surface area contributed by atoms with Gasteiger partial charge in [-0.2, -0.15) is 0 Å². The number of aromatic hydroxyl groups is 3. The molecule has 2 aliphatic rings. The maximum Gasteiger partial charge on any atom is 0.202 e. The Morgan fingerprint density at radius 1 is 1.04 bits per heavy atom. The van der Waals surface area contributed by atoms with Crippen LogP contribution in [0.4, 0.5) is 0 Å². The van der Waals surface area contributed by atoms with Gasteiger partial charge in [-0.1, -0.05) is 12.1 Å². The number of hydrogen-bond acceptors (Lipinski definition) is 8. The lowest BCUT2D eigenvalue weighted by Gasteiger charge is -2.39. The molecule has 0 spiro atoms. The Labute approximate surface area is 158 Å². The maximum atomic E-state index is 12.9. The average molecular weight is 386 g/mol. The Kier molecular flexibility index (Phi) is 3.80. The zero-order valence-electron chi connectivity index (χ0n) is 14.8. The van der Waals surface area contributed by atoms with Crippen molar-refractivity contribution in [2.24, 2.45) is 0 Å². The number of benzene rings is 2. The number of aliphatic hydroxyl groups is 3. The van der Waals surface area contributed by atoms with Gasteiger partial charge >= 0.3 is 0 Å². The number of aliphatic hydroxyl groups excluding tert-OH is 2. The second kappa shape index (κ2) is 5.78. The van der Waals surface area contributed by atoms with Crippen LogP contribution in [0, 0.1) is 0 Å². The third-order valence-electron chi connectivity index (χ3n) is 5.70. The van der Waals surface area contributed by atoms with Gasteiger partial charge in [0.05, 0.1) is 34.5 Å². The maximum absolute atomic E-state index is 12.9. The minimum absolute atomic E-state index is 0.108. The van der Waals surface area contributed by atoms with Gasteiger partial charge in [-0.25, -0.2) is 0 Å². The molecule has 4 rings (SSSR count). The van der Waals surface area contributed by atoms with Crippen molar-refractivity contribution in [1.29, 1.82) is 0 Å². The third-order valence-corrected chi connectivity index (χ3v) is 5.70. The fourth-order valence-corrected chi connectivity index (χ4v) is 4.13. The lowest BCUT2D eigenvalue weighted by Crippen LogP contribution is -2.47. The standard InChI is InChI=1S/C20H18O8/c1-7(21)20(28)5-9-13(11(23)6-20)19(27)15-14(17(9)25)16(24)8-3-2-4-10(22)12(8)18(15)26/h2-4,7,11,21-23,25,27-28H,5-6H2,1H3/t7?,11-,20-/m0/s1. The van der Waals surface area contributed by atoms with Crippen molar-refractivity contribution in [2.45, 2.75) is 37.6 Å². The predicted octanol–water partition coefficient (Wildman–Crippen LogP) is 0.670. The Bertz CT molecular complexity index is 1050. The minimum atomic E-state index is -1.79. The minimum Gasteiger partial charge on any atom is -0.507 e. The van der Waals surface area contributed by atoms with Gasteiger partial charge in [0, 0.05) is 29.5 Å². The Hall–Kier alpha value is -2.94. The highest BCUT2D eigenvalue weighted by atomic mass is 16.3. The fourth-order valence-electron chi connectivity index (χ4n) is 4.13. The zero-order valence-corrected chi connectivity index (χ0v) is 14.8. The predicted molar refractivity (Wildman–Crippen MR) is 94.7 cm³/mol. The molecule has 8 heteroatoms. The molecule has 0 fully saturated rings. The largest absolute Gasteiger partial charge is 0.507 e. The van der Waals surface area contributed by atoms with Gasteiger partial charge in [0.25, 0.3) is 0 Å². The van der Waals surface area contributed by atoms with Gasteiger partial charge in [-0.05, 0) is 13.0 Å². The van der Waals surface area contributed by atoms with E-state index in [1.54, 1.807) is 0 Å². The van der Waals surface area contributed by atoms with Gasteiger partial charge < -0.3 is 30.6 Å². The van der Waals surface area contributed by atoms with Crippen LogP contribution in [0.2, 0.25) is 0 Å².